The smallest absolute Gasteiger partial charge is 0.263 e. The molecule has 2 aromatic rings. The number of rotatable bonds is 9. The van der Waals surface area contributed by atoms with Gasteiger partial charge in [-0.3, -0.25) is 4.72 Å². The molecule has 1 heterocycles. The number of anilines is 2. The fourth-order valence-corrected chi connectivity index (χ4v) is 4.02. The molecule has 0 unspecified atom stereocenters. The fraction of sp³-hybridized carbons (Fsp3) is 0.421. The summed E-state index contributed by atoms with van der Waals surface area (Å²) in [6.45, 7) is 7.91. The maximum Gasteiger partial charge on any atom is 0.263 e. The highest BCUT2D eigenvalue weighted by molar-refractivity contribution is 7.92. The number of nitrogens with zero attached hydrogens (tertiary/aromatic N) is 2. The molecule has 0 bridgehead atoms. The maximum absolute atomic E-state index is 12.6. The Balaban J connectivity index is 2.19. The van der Waals surface area contributed by atoms with Crippen LogP contribution >= 0.6 is 0 Å². The summed E-state index contributed by atoms with van der Waals surface area (Å²) in [6, 6.07) is 8.46. The van der Waals surface area contributed by atoms with Crippen molar-refractivity contribution in [1.29, 1.82) is 0 Å². The Morgan fingerprint density at radius 2 is 1.81 bits per heavy atom. The second-order valence-corrected chi connectivity index (χ2v) is 7.78. The normalized spacial score (nSPS) is 11.2. The van der Waals surface area contributed by atoms with Crippen molar-refractivity contribution < 1.29 is 13.2 Å². The van der Waals surface area contributed by atoms with Gasteiger partial charge in [-0.05, 0) is 55.7 Å². The molecule has 0 aliphatic rings. The number of hydrogen-bond donors (Lipinski definition) is 1. The number of aromatic nitrogens is 1. The number of sulfonamides is 1. The molecule has 0 aliphatic heterocycles. The van der Waals surface area contributed by atoms with Crippen LogP contribution in [0.1, 0.15) is 32.3 Å². The van der Waals surface area contributed by atoms with Gasteiger partial charge in [0.2, 0.25) is 0 Å². The molecule has 1 N–H and O–H groups in total. The highest BCUT2D eigenvalue weighted by Crippen LogP contribution is 2.23. The summed E-state index contributed by atoms with van der Waals surface area (Å²) in [5.74, 6) is 0.924. The first-order valence-corrected chi connectivity index (χ1v) is 10.3. The fourth-order valence-electron chi connectivity index (χ4n) is 2.79. The van der Waals surface area contributed by atoms with Crippen LogP contribution in [0.5, 0.6) is 5.75 Å². The summed E-state index contributed by atoms with van der Waals surface area (Å²) in [7, 11) is -2.16. The summed E-state index contributed by atoms with van der Waals surface area (Å²) < 4.78 is 33.0. The van der Waals surface area contributed by atoms with Crippen LogP contribution in [0.15, 0.2) is 41.4 Å². The Labute approximate surface area is 156 Å². The molecule has 6 nitrogen and oxygen atoms in total. The van der Waals surface area contributed by atoms with Crippen molar-refractivity contribution in [3.8, 4) is 5.75 Å². The molecule has 1 aromatic heterocycles. The van der Waals surface area contributed by atoms with E-state index in [0.717, 1.165) is 31.6 Å². The molecule has 7 heteroatoms. The van der Waals surface area contributed by atoms with Gasteiger partial charge >= 0.3 is 0 Å². The van der Waals surface area contributed by atoms with E-state index in [1.807, 2.05) is 6.07 Å². The lowest BCUT2D eigenvalue weighted by Gasteiger charge is -2.23. The average Bonchev–Trinajstić information content (AvgIpc) is 2.61. The maximum atomic E-state index is 12.6. The first-order chi connectivity index (χ1) is 12.4. The third-order valence-electron chi connectivity index (χ3n) is 4.01. The standard InChI is InChI=1S/C19H27N3O3S/c1-5-11-22(12-6-2)16-7-10-19(20-14-16)21-26(23,24)18-9-8-17(25-4)13-15(18)3/h7-10,13-14H,5-6,11-12H2,1-4H3,(H,20,21). The second-order valence-electron chi connectivity index (χ2n) is 6.13. The Hall–Kier alpha value is -2.28. The van der Waals surface area contributed by atoms with Gasteiger partial charge in [0.15, 0.2) is 0 Å². The number of hydrogen-bond acceptors (Lipinski definition) is 5. The summed E-state index contributed by atoms with van der Waals surface area (Å²) in [5.41, 5.74) is 1.61. The van der Waals surface area contributed by atoms with Crippen molar-refractivity contribution >= 4 is 21.5 Å². The molecule has 2 rings (SSSR count). The third-order valence-corrected chi connectivity index (χ3v) is 5.53. The number of benzene rings is 1. The second kappa shape index (κ2) is 8.89. The zero-order valence-electron chi connectivity index (χ0n) is 15.8. The zero-order valence-corrected chi connectivity index (χ0v) is 16.6. The minimum absolute atomic E-state index is 0.211. The van der Waals surface area contributed by atoms with Crippen LogP contribution < -0.4 is 14.4 Å². The lowest BCUT2D eigenvalue weighted by atomic mass is 10.2. The number of aryl methyl sites for hydroxylation is 1. The molecular weight excluding hydrogens is 350 g/mol. The van der Waals surface area contributed by atoms with Gasteiger partial charge in [-0.2, -0.15) is 0 Å². The van der Waals surface area contributed by atoms with Crippen LogP contribution in [-0.4, -0.2) is 33.6 Å². The van der Waals surface area contributed by atoms with Crippen molar-refractivity contribution in [3.63, 3.8) is 0 Å². The number of methoxy groups -OCH3 is 1. The predicted molar refractivity (Wildman–Crippen MR) is 106 cm³/mol. The average molecular weight is 378 g/mol. The molecule has 26 heavy (non-hydrogen) atoms. The molecule has 0 saturated carbocycles. The monoisotopic (exact) mass is 377 g/mol. The van der Waals surface area contributed by atoms with E-state index in [2.05, 4.69) is 28.5 Å². The summed E-state index contributed by atoms with van der Waals surface area (Å²) >= 11 is 0. The van der Waals surface area contributed by atoms with Crippen LogP contribution in [0.2, 0.25) is 0 Å². The third kappa shape index (κ3) is 4.88. The van der Waals surface area contributed by atoms with Crippen LogP contribution in [0.25, 0.3) is 0 Å². The van der Waals surface area contributed by atoms with Crippen molar-refractivity contribution in [1.82, 2.24) is 4.98 Å². The van der Waals surface area contributed by atoms with E-state index in [-0.39, 0.29) is 4.90 Å². The SMILES string of the molecule is CCCN(CCC)c1ccc(NS(=O)(=O)c2ccc(OC)cc2C)nc1. The summed E-state index contributed by atoms with van der Waals surface area (Å²) in [5, 5.41) is 0. The number of pyridine rings is 1. The lowest BCUT2D eigenvalue weighted by Crippen LogP contribution is -2.25. The molecule has 0 saturated heterocycles. The largest absolute Gasteiger partial charge is 0.497 e. The van der Waals surface area contributed by atoms with Gasteiger partial charge in [0.1, 0.15) is 11.6 Å². The van der Waals surface area contributed by atoms with E-state index in [4.69, 9.17) is 4.74 Å². The Morgan fingerprint density at radius 1 is 1.12 bits per heavy atom. The van der Waals surface area contributed by atoms with Crippen LogP contribution in [0.3, 0.4) is 0 Å². The topological polar surface area (TPSA) is 71.5 Å². The molecule has 0 atom stereocenters. The molecule has 0 amide bonds. The first-order valence-electron chi connectivity index (χ1n) is 8.79. The van der Waals surface area contributed by atoms with Gasteiger partial charge in [-0.15, -0.1) is 0 Å². The van der Waals surface area contributed by atoms with Crippen molar-refractivity contribution in [2.75, 3.05) is 29.8 Å². The molecular formula is C19H27N3O3S. The van der Waals surface area contributed by atoms with Crippen LogP contribution in [0.4, 0.5) is 11.5 Å². The Kier molecular flexibility index (Phi) is 6.85. The van der Waals surface area contributed by atoms with Gasteiger partial charge in [-0.25, -0.2) is 13.4 Å². The summed E-state index contributed by atoms with van der Waals surface area (Å²) in [4.78, 5) is 6.74. The highest BCUT2D eigenvalue weighted by atomic mass is 32.2. The molecule has 0 spiro atoms. The van der Waals surface area contributed by atoms with Crippen LogP contribution in [-0.2, 0) is 10.0 Å². The summed E-state index contributed by atoms with van der Waals surface area (Å²) in [6.07, 6.45) is 3.81. The number of ether oxygens (including phenoxy) is 1. The first kappa shape index (κ1) is 20.0. The Bertz CT molecular complexity index is 814. The van der Waals surface area contributed by atoms with E-state index in [0.29, 0.717) is 17.1 Å². The van der Waals surface area contributed by atoms with Crippen molar-refractivity contribution in [3.05, 3.63) is 42.1 Å². The van der Waals surface area contributed by atoms with Gasteiger partial charge in [-0.1, -0.05) is 13.8 Å². The van der Waals surface area contributed by atoms with Crippen molar-refractivity contribution in [2.24, 2.45) is 0 Å². The van der Waals surface area contributed by atoms with E-state index in [1.165, 1.54) is 6.07 Å². The minimum atomic E-state index is -3.70. The van der Waals surface area contributed by atoms with Crippen LogP contribution in [0, 0.1) is 6.92 Å². The lowest BCUT2D eigenvalue weighted by molar-refractivity contribution is 0.414. The minimum Gasteiger partial charge on any atom is -0.497 e. The van der Waals surface area contributed by atoms with Gasteiger partial charge in [0.25, 0.3) is 10.0 Å². The highest BCUT2D eigenvalue weighted by Gasteiger charge is 2.18. The van der Waals surface area contributed by atoms with E-state index >= 15 is 0 Å². The Morgan fingerprint density at radius 3 is 2.31 bits per heavy atom. The van der Waals surface area contributed by atoms with E-state index in [9.17, 15) is 8.42 Å². The van der Waals surface area contributed by atoms with Gasteiger partial charge in [0.05, 0.1) is 23.9 Å². The van der Waals surface area contributed by atoms with Crippen molar-refractivity contribution in [2.45, 2.75) is 38.5 Å². The quantitative estimate of drug-likeness (QED) is 0.719. The number of nitrogens with one attached hydrogen (secondary N) is 1. The molecule has 0 fully saturated rings. The molecule has 142 valence electrons. The molecule has 1 aromatic carbocycles. The zero-order chi connectivity index (χ0) is 19.2. The molecule has 0 aliphatic carbocycles. The van der Waals surface area contributed by atoms with E-state index < -0.39 is 10.0 Å². The van der Waals surface area contributed by atoms with Gasteiger partial charge in [0, 0.05) is 13.1 Å². The predicted octanol–water partition coefficient (Wildman–Crippen LogP) is 3.83. The van der Waals surface area contributed by atoms with E-state index in [1.54, 1.807) is 38.4 Å². The molecule has 0 radical (unpaired) electrons. The van der Waals surface area contributed by atoms with Gasteiger partial charge < -0.3 is 9.64 Å².